The Bertz CT molecular complexity index is 740. The highest BCUT2D eigenvalue weighted by molar-refractivity contribution is 7.91. The number of aromatic nitrogens is 4. The summed E-state index contributed by atoms with van der Waals surface area (Å²) in [4.78, 5) is 10.7. The fourth-order valence-electron chi connectivity index (χ4n) is 2.46. The van der Waals surface area contributed by atoms with Gasteiger partial charge in [-0.2, -0.15) is 15.1 Å². The Morgan fingerprint density at radius 3 is 2.95 bits per heavy atom. The van der Waals surface area contributed by atoms with E-state index in [1.165, 1.54) is 0 Å². The quantitative estimate of drug-likeness (QED) is 0.805. The molecule has 1 atom stereocenters. The summed E-state index contributed by atoms with van der Waals surface area (Å²) in [5.41, 5.74) is 0.639. The topological polar surface area (TPSA) is 104 Å². The van der Waals surface area contributed by atoms with E-state index in [-0.39, 0.29) is 17.5 Å². The summed E-state index contributed by atoms with van der Waals surface area (Å²) >= 11 is 0. The Balaban J connectivity index is 2.07. The first-order chi connectivity index (χ1) is 9.50. The van der Waals surface area contributed by atoms with Gasteiger partial charge in [-0.3, -0.25) is 5.10 Å². The SMILES string of the molecule is CNc1nc(N2CCS(=O)(=O)CC2C)c2cn[nH]c2n1. The molecule has 8 nitrogen and oxygen atoms in total. The Morgan fingerprint density at radius 2 is 2.25 bits per heavy atom. The van der Waals surface area contributed by atoms with Gasteiger partial charge in [-0.1, -0.05) is 0 Å². The third-order valence-corrected chi connectivity index (χ3v) is 5.25. The molecule has 0 radical (unpaired) electrons. The van der Waals surface area contributed by atoms with Crippen LogP contribution in [0.1, 0.15) is 6.92 Å². The van der Waals surface area contributed by atoms with Crippen LogP contribution in [0.4, 0.5) is 11.8 Å². The number of anilines is 2. The Morgan fingerprint density at radius 1 is 1.45 bits per heavy atom. The van der Waals surface area contributed by atoms with Gasteiger partial charge in [0.2, 0.25) is 5.95 Å². The zero-order chi connectivity index (χ0) is 14.3. The van der Waals surface area contributed by atoms with E-state index in [9.17, 15) is 8.42 Å². The highest BCUT2D eigenvalue weighted by Gasteiger charge is 2.30. The Kier molecular flexibility index (Phi) is 3.00. The summed E-state index contributed by atoms with van der Waals surface area (Å²) in [6.07, 6.45) is 1.67. The summed E-state index contributed by atoms with van der Waals surface area (Å²) < 4.78 is 23.4. The number of rotatable bonds is 2. The first-order valence-electron chi connectivity index (χ1n) is 6.36. The fourth-order valence-corrected chi connectivity index (χ4v) is 4.02. The van der Waals surface area contributed by atoms with E-state index in [4.69, 9.17) is 0 Å². The van der Waals surface area contributed by atoms with Crippen LogP contribution in [0.3, 0.4) is 0 Å². The van der Waals surface area contributed by atoms with E-state index >= 15 is 0 Å². The molecule has 3 rings (SSSR count). The molecule has 1 aliphatic rings. The van der Waals surface area contributed by atoms with Crippen LogP contribution < -0.4 is 10.2 Å². The molecule has 0 bridgehead atoms. The van der Waals surface area contributed by atoms with Crippen LogP contribution in [0.15, 0.2) is 6.20 Å². The van der Waals surface area contributed by atoms with E-state index in [1.807, 2.05) is 11.8 Å². The van der Waals surface area contributed by atoms with Crippen LogP contribution >= 0.6 is 0 Å². The lowest BCUT2D eigenvalue weighted by atomic mass is 10.2. The molecule has 0 spiro atoms. The summed E-state index contributed by atoms with van der Waals surface area (Å²) in [6.45, 7) is 2.33. The van der Waals surface area contributed by atoms with Crippen molar-refractivity contribution in [1.29, 1.82) is 0 Å². The molecule has 1 fully saturated rings. The van der Waals surface area contributed by atoms with Crippen LogP contribution in [0.5, 0.6) is 0 Å². The Labute approximate surface area is 116 Å². The standard InChI is InChI=1S/C11H16N6O2S/c1-7-6-20(18,19)4-3-17(7)10-8-5-13-16-9(8)14-11(12-2)15-10/h5,7H,3-4,6H2,1-2H3,(H2,12,13,14,15,16). The number of sulfone groups is 1. The van der Waals surface area contributed by atoms with Crippen molar-refractivity contribution in [2.75, 3.05) is 35.3 Å². The van der Waals surface area contributed by atoms with Crippen molar-refractivity contribution in [3.63, 3.8) is 0 Å². The molecule has 2 aromatic heterocycles. The minimum absolute atomic E-state index is 0.119. The second-order valence-corrected chi connectivity index (χ2v) is 7.14. The van der Waals surface area contributed by atoms with Crippen LogP contribution in [0.25, 0.3) is 11.0 Å². The maximum absolute atomic E-state index is 11.7. The molecule has 1 saturated heterocycles. The monoisotopic (exact) mass is 296 g/mol. The molecule has 2 N–H and O–H groups in total. The van der Waals surface area contributed by atoms with Crippen molar-refractivity contribution in [3.05, 3.63) is 6.20 Å². The molecule has 3 heterocycles. The molecule has 9 heteroatoms. The van der Waals surface area contributed by atoms with Gasteiger partial charge >= 0.3 is 0 Å². The number of nitrogens with zero attached hydrogens (tertiary/aromatic N) is 4. The molecular weight excluding hydrogens is 280 g/mol. The summed E-state index contributed by atoms with van der Waals surface area (Å²) in [6, 6.07) is -0.119. The lowest BCUT2D eigenvalue weighted by molar-refractivity contribution is 0.567. The van der Waals surface area contributed by atoms with Crippen molar-refractivity contribution in [2.24, 2.45) is 0 Å². The second kappa shape index (κ2) is 4.58. The van der Waals surface area contributed by atoms with E-state index in [2.05, 4.69) is 25.5 Å². The third kappa shape index (κ3) is 2.17. The van der Waals surface area contributed by atoms with E-state index in [1.54, 1.807) is 13.2 Å². The highest BCUT2D eigenvalue weighted by Crippen LogP contribution is 2.27. The number of hydrogen-bond acceptors (Lipinski definition) is 7. The molecule has 0 aromatic carbocycles. The van der Waals surface area contributed by atoms with Gasteiger partial charge in [0.15, 0.2) is 15.5 Å². The molecule has 20 heavy (non-hydrogen) atoms. The Hall–Kier alpha value is -1.90. The number of nitrogens with one attached hydrogen (secondary N) is 2. The first-order valence-corrected chi connectivity index (χ1v) is 8.18. The average molecular weight is 296 g/mol. The van der Waals surface area contributed by atoms with Gasteiger partial charge in [0.25, 0.3) is 0 Å². The largest absolute Gasteiger partial charge is 0.357 e. The molecule has 0 aliphatic carbocycles. The maximum Gasteiger partial charge on any atom is 0.226 e. The van der Waals surface area contributed by atoms with Crippen LogP contribution in [-0.2, 0) is 9.84 Å². The smallest absolute Gasteiger partial charge is 0.226 e. The minimum atomic E-state index is -2.95. The van der Waals surface area contributed by atoms with Crippen LogP contribution in [-0.4, -0.2) is 59.7 Å². The van der Waals surface area contributed by atoms with Gasteiger partial charge in [0.1, 0.15) is 5.82 Å². The summed E-state index contributed by atoms with van der Waals surface area (Å²) in [5.74, 6) is 1.49. The van der Waals surface area contributed by atoms with Crippen LogP contribution in [0, 0.1) is 0 Å². The van der Waals surface area contributed by atoms with E-state index in [0.29, 0.717) is 18.1 Å². The number of aromatic amines is 1. The summed E-state index contributed by atoms with van der Waals surface area (Å²) in [5, 5.41) is 10.5. The number of fused-ring (bicyclic) bond motifs is 1. The van der Waals surface area contributed by atoms with Gasteiger partial charge in [0.05, 0.1) is 23.1 Å². The lowest BCUT2D eigenvalue weighted by Crippen LogP contribution is -2.47. The molecule has 1 unspecified atom stereocenters. The molecule has 108 valence electrons. The predicted molar refractivity (Wildman–Crippen MR) is 76.7 cm³/mol. The molecule has 0 saturated carbocycles. The normalized spacial score (nSPS) is 22.1. The van der Waals surface area contributed by atoms with E-state index < -0.39 is 9.84 Å². The number of H-pyrrole nitrogens is 1. The van der Waals surface area contributed by atoms with Gasteiger partial charge in [-0.15, -0.1) is 0 Å². The van der Waals surface area contributed by atoms with Gasteiger partial charge in [-0.25, -0.2) is 8.42 Å². The summed E-state index contributed by atoms with van der Waals surface area (Å²) in [7, 11) is -1.21. The maximum atomic E-state index is 11.7. The minimum Gasteiger partial charge on any atom is -0.357 e. The van der Waals surface area contributed by atoms with Crippen molar-refractivity contribution in [2.45, 2.75) is 13.0 Å². The zero-order valence-electron chi connectivity index (χ0n) is 11.3. The van der Waals surface area contributed by atoms with E-state index in [0.717, 1.165) is 11.2 Å². The zero-order valence-corrected chi connectivity index (χ0v) is 12.1. The third-order valence-electron chi connectivity index (χ3n) is 3.46. The van der Waals surface area contributed by atoms with Crippen molar-refractivity contribution in [3.8, 4) is 0 Å². The van der Waals surface area contributed by atoms with Gasteiger partial charge in [0, 0.05) is 19.6 Å². The van der Waals surface area contributed by atoms with Crippen molar-refractivity contribution >= 4 is 32.6 Å². The van der Waals surface area contributed by atoms with Crippen molar-refractivity contribution in [1.82, 2.24) is 20.2 Å². The van der Waals surface area contributed by atoms with Gasteiger partial charge < -0.3 is 10.2 Å². The lowest BCUT2D eigenvalue weighted by Gasteiger charge is -2.34. The average Bonchev–Trinajstić information content (AvgIpc) is 2.85. The first kappa shape index (κ1) is 13.1. The van der Waals surface area contributed by atoms with Crippen molar-refractivity contribution < 1.29 is 8.42 Å². The molecule has 1 aliphatic heterocycles. The number of hydrogen-bond donors (Lipinski definition) is 2. The van der Waals surface area contributed by atoms with Crippen LogP contribution in [0.2, 0.25) is 0 Å². The highest BCUT2D eigenvalue weighted by atomic mass is 32.2. The molecule has 2 aromatic rings. The fraction of sp³-hybridized carbons (Fsp3) is 0.545. The predicted octanol–water partition coefficient (Wildman–Crippen LogP) is 0.0179. The second-order valence-electron chi connectivity index (χ2n) is 4.91. The van der Waals surface area contributed by atoms with Gasteiger partial charge in [-0.05, 0) is 6.92 Å². The molecule has 0 amide bonds. The molecular formula is C11H16N6O2S.